The van der Waals surface area contributed by atoms with E-state index in [1.165, 1.54) is 0 Å². The van der Waals surface area contributed by atoms with E-state index < -0.39 is 21.2 Å². The quantitative estimate of drug-likeness (QED) is 0.623. The molecule has 1 aromatic rings. The van der Waals surface area contributed by atoms with Gasteiger partial charge in [0.1, 0.15) is 0 Å². The van der Waals surface area contributed by atoms with Crippen LogP contribution in [0, 0.1) is 0 Å². The van der Waals surface area contributed by atoms with Crippen LogP contribution in [-0.4, -0.2) is 18.6 Å². The van der Waals surface area contributed by atoms with Crippen LogP contribution in [0.25, 0.3) is 0 Å². The van der Waals surface area contributed by atoms with Gasteiger partial charge in [0, 0.05) is 26.3 Å². The Labute approximate surface area is 113 Å². The lowest BCUT2D eigenvalue weighted by molar-refractivity contribution is -0.137. The second kappa shape index (κ2) is 4.31. The predicted molar refractivity (Wildman–Crippen MR) is 65.4 cm³/mol. The van der Waals surface area contributed by atoms with Crippen LogP contribution < -0.4 is 0 Å². The summed E-state index contributed by atoms with van der Waals surface area (Å²) in [5, 5.41) is 0.612. The summed E-state index contributed by atoms with van der Waals surface area (Å²) in [4.78, 5) is 11.3. The van der Waals surface area contributed by atoms with E-state index in [1.807, 2.05) is 0 Å². The van der Waals surface area contributed by atoms with Gasteiger partial charge in [0.2, 0.25) is 5.91 Å². The molecular formula is C9H6Cl3NO3S. The Balaban J connectivity index is 2.47. The van der Waals surface area contributed by atoms with Gasteiger partial charge in [-0.1, -0.05) is 29.3 Å². The Morgan fingerprint density at radius 2 is 1.76 bits per heavy atom. The number of rotatable bonds is 2. The lowest BCUT2D eigenvalue weighted by atomic mass is 9.97. The first-order chi connectivity index (χ1) is 7.82. The first kappa shape index (κ1) is 13.0. The Morgan fingerprint density at radius 3 is 2.18 bits per heavy atom. The van der Waals surface area contributed by atoms with Crippen molar-refractivity contribution in [3.05, 3.63) is 33.8 Å². The molecule has 4 nitrogen and oxygen atoms in total. The molecule has 2 rings (SSSR count). The molecule has 0 saturated carbocycles. The van der Waals surface area contributed by atoms with Gasteiger partial charge in [-0.3, -0.25) is 4.79 Å². The highest BCUT2D eigenvalue weighted by atomic mass is 35.7. The average molecular weight is 315 g/mol. The Kier molecular flexibility index (Phi) is 3.29. The van der Waals surface area contributed by atoms with Crippen molar-refractivity contribution in [3.63, 3.8) is 0 Å². The highest BCUT2D eigenvalue weighted by molar-refractivity contribution is 8.12. The maximum Gasteiger partial charge on any atom is 0.324 e. The van der Waals surface area contributed by atoms with E-state index in [-0.39, 0.29) is 6.42 Å². The maximum atomic E-state index is 11.3. The van der Waals surface area contributed by atoms with Gasteiger partial charge in [-0.05, 0) is 12.1 Å². The largest absolute Gasteiger partial charge is 0.324 e. The van der Waals surface area contributed by atoms with Crippen molar-refractivity contribution < 1.29 is 13.2 Å². The van der Waals surface area contributed by atoms with Gasteiger partial charge in [-0.15, -0.1) is 0 Å². The predicted octanol–water partition coefficient (Wildman–Crippen LogP) is 2.75. The topological polar surface area (TPSA) is 54.5 Å². The number of carbonyl (C=O) groups is 1. The summed E-state index contributed by atoms with van der Waals surface area (Å²) in [5.41, 5.74) is 0.402. The highest BCUT2D eigenvalue weighted by Gasteiger charge is 2.46. The standard InChI is InChI=1S/C9H6Cl3NO3S/c10-5-2-1-3-6(11)9(5)7-4-8(14)13(7)17(12,15)16/h1-3,7H,4H2/t7-/m0/s1. The molecule has 1 aliphatic heterocycles. The number of carbonyl (C=O) groups excluding carboxylic acids is 1. The fourth-order valence-corrected chi connectivity index (χ4v) is 3.69. The number of nitrogens with zero attached hydrogens (tertiary/aromatic N) is 1. The molecule has 92 valence electrons. The molecule has 17 heavy (non-hydrogen) atoms. The van der Waals surface area contributed by atoms with E-state index in [1.54, 1.807) is 18.2 Å². The molecule has 0 spiro atoms. The minimum Gasteiger partial charge on any atom is -0.274 e. The molecule has 0 N–H and O–H groups in total. The summed E-state index contributed by atoms with van der Waals surface area (Å²) >= 11 is 11.9. The Hall–Kier alpha value is -0.490. The SMILES string of the molecule is O=C1C[C@@H](c2c(Cl)cccc2Cl)N1S(=O)(=O)Cl. The van der Waals surface area contributed by atoms with Gasteiger partial charge in [-0.25, -0.2) is 4.31 Å². The van der Waals surface area contributed by atoms with Gasteiger partial charge in [0.25, 0.3) is 0 Å². The number of amides is 1. The zero-order valence-corrected chi connectivity index (χ0v) is 11.3. The van der Waals surface area contributed by atoms with E-state index in [2.05, 4.69) is 0 Å². The Morgan fingerprint density at radius 1 is 1.24 bits per heavy atom. The summed E-state index contributed by atoms with van der Waals surface area (Å²) in [5.74, 6) is -0.569. The maximum absolute atomic E-state index is 11.3. The normalized spacial score (nSPS) is 20.3. The number of benzene rings is 1. The molecule has 1 heterocycles. The smallest absolute Gasteiger partial charge is 0.274 e. The van der Waals surface area contributed by atoms with Gasteiger partial charge < -0.3 is 0 Å². The van der Waals surface area contributed by atoms with Crippen LogP contribution in [0.15, 0.2) is 18.2 Å². The molecule has 0 radical (unpaired) electrons. The zero-order chi connectivity index (χ0) is 12.8. The summed E-state index contributed by atoms with van der Waals surface area (Å²) < 4.78 is 23.0. The monoisotopic (exact) mass is 313 g/mol. The lowest BCUT2D eigenvalue weighted by Gasteiger charge is -2.38. The molecule has 1 aliphatic rings. The third-order valence-electron chi connectivity index (χ3n) is 2.46. The van der Waals surface area contributed by atoms with Crippen molar-refractivity contribution in [2.24, 2.45) is 0 Å². The van der Waals surface area contributed by atoms with Gasteiger partial charge in [-0.2, -0.15) is 8.42 Å². The van der Waals surface area contributed by atoms with Crippen molar-refractivity contribution >= 4 is 49.0 Å². The molecule has 0 bridgehead atoms. The second-order valence-electron chi connectivity index (χ2n) is 3.49. The Bertz CT molecular complexity index is 567. The van der Waals surface area contributed by atoms with Crippen LogP contribution in [0.2, 0.25) is 10.0 Å². The number of hydrogen-bond acceptors (Lipinski definition) is 3. The molecule has 0 unspecified atom stereocenters. The third kappa shape index (κ3) is 2.25. The molecular weight excluding hydrogens is 309 g/mol. The molecule has 1 fully saturated rings. The van der Waals surface area contributed by atoms with E-state index >= 15 is 0 Å². The summed E-state index contributed by atoms with van der Waals surface area (Å²) in [6.07, 6.45) is 0.0232. The molecule has 1 aromatic carbocycles. The summed E-state index contributed by atoms with van der Waals surface area (Å²) in [6, 6.07) is 4.06. The molecule has 1 atom stereocenters. The van der Waals surface area contributed by atoms with E-state index in [9.17, 15) is 13.2 Å². The van der Waals surface area contributed by atoms with Crippen molar-refractivity contribution in [2.75, 3.05) is 0 Å². The summed E-state index contributed by atoms with van der Waals surface area (Å²) in [6.45, 7) is 0. The van der Waals surface area contributed by atoms with Crippen LogP contribution in [0.1, 0.15) is 18.0 Å². The van der Waals surface area contributed by atoms with Crippen molar-refractivity contribution in [1.82, 2.24) is 4.31 Å². The lowest BCUT2D eigenvalue weighted by Crippen LogP contribution is -2.48. The molecule has 8 heteroatoms. The van der Waals surface area contributed by atoms with E-state index in [0.29, 0.717) is 19.9 Å². The van der Waals surface area contributed by atoms with Crippen molar-refractivity contribution in [2.45, 2.75) is 12.5 Å². The fraction of sp³-hybridized carbons (Fsp3) is 0.222. The fourth-order valence-electron chi connectivity index (χ4n) is 1.72. The highest BCUT2D eigenvalue weighted by Crippen LogP contribution is 2.43. The number of halogens is 3. The van der Waals surface area contributed by atoms with Crippen LogP contribution in [0.5, 0.6) is 0 Å². The van der Waals surface area contributed by atoms with Gasteiger partial charge in [0.05, 0.1) is 12.5 Å². The van der Waals surface area contributed by atoms with Crippen molar-refractivity contribution in [3.8, 4) is 0 Å². The first-order valence-corrected chi connectivity index (χ1v) is 7.55. The van der Waals surface area contributed by atoms with Gasteiger partial charge >= 0.3 is 9.24 Å². The molecule has 1 amide bonds. The second-order valence-corrected chi connectivity index (χ2v) is 6.69. The average Bonchev–Trinajstić information content (AvgIpc) is 2.12. The van der Waals surface area contributed by atoms with Crippen LogP contribution in [0.3, 0.4) is 0 Å². The van der Waals surface area contributed by atoms with E-state index in [0.717, 1.165) is 0 Å². The molecule has 0 aromatic heterocycles. The van der Waals surface area contributed by atoms with Crippen LogP contribution >= 0.6 is 33.9 Å². The first-order valence-electron chi connectivity index (χ1n) is 4.53. The number of hydrogen-bond donors (Lipinski definition) is 0. The summed E-state index contributed by atoms with van der Waals surface area (Å²) in [7, 11) is 1.06. The van der Waals surface area contributed by atoms with E-state index in [4.69, 9.17) is 33.9 Å². The zero-order valence-electron chi connectivity index (χ0n) is 8.23. The minimum absolute atomic E-state index is 0.0232. The molecule has 0 aliphatic carbocycles. The van der Waals surface area contributed by atoms with Gasteiger partial charge in [0.15, 0.2) is 0 Å². The minimum atomic E-state index is -4.11. The van der Waals surface area contributed by atoms with Crippen LogP contribution in [-0.2, 0) is 14.0 Å². The number of β-lactam (4-membered cyclic amide) rings is 1. The third-order valence-corrected chi connectivity index (χ3v) is 4.50. The molecule has 1 saturated heterocycles. The van der Waals surface area contributed by atoms with Crippen LogP contribution in [0.4, 0.5) is 0 Å². The van der Waals surface area contributed by atoms with Crippen molar-refractivity contribution in [1.29, 1.82) is 0 Å².